The molecule has 2 aromatic carbocycles. The second-order valence-corrected chi connectivity index (χ2v) is 5.87. The fourth-order valence-corrected chi connectivity index (χ4v) is 2.96. The molecule has 0 radical (unpaired) electrons. The van der Waals surface area contributed by atoms with Crippen LogP contribution in [0, 0.1) is 0 Å². The number of nitrogens with one attached hydrogen (secondary N) is 1. The zero-order valence-electron chi connectivity index (χ0n) is 12.5. The van der Waals surface area contributed by atoms with Crippen molar-refractivity contribution in [2.45, 2.75) is 38.0 Å². The molecule has 3 nitrogen and oxygen atoms in total. The summed E-state index contributed by atoms with van der Waals surface area (Å²) in [6.07, 6.45) is 2.05. The van der Waals surface area contributed by atoms with Gasteiger partial charge < -0.3 is 15.2 Å². The maximum atomic E-state index is 10.4. The highest BCUT2D eigenvalue weighted by atomic mass is 16.5. The normalized spacial score (nSPS) is 21.5. The quantitative estimate of drug-likeness (QED) is 0.887. The van der Waals surface area contributed by atoms with Gasteiger partial charge in [-0.3, -0.25) is 0 Å². The molecule has 2 N–H and O–H groups in total. The van der Waals surface area contributed by atoms with Gasteiger partial charge in [0.25, 0.3) is 0 Å². The van der Waals surface area contributed by atoms with Gasteiger partial charge in [0, 0.05) is 19.2 Å². The first-order chi connectivity index (χ1) is 10.2. The van der Waals surface area contributed by atoms with E-state index in [1.54, 1.807) is 0 Å². The summed E-state index contributed by atoms with van der Waals surface area (Å²) in [5.41, 5.74) is 0.959. The molecular formula is C18H23NO2. The Balaban J connectivity index is 1.62. The second-order valence-electron chi connectivity index (χ2n) is 5.87. The van der Waals surface area contributed by atoms with E-state index in [0.29, 0.717) is 6.54 Å². The third kappa shape index (κ3) is 3.43. The number of ether oxygens (including phenoxy) is 1. The van der Waals surface area contributed by atoms with E-state index in [-0.39, 0.29) is 12.1 Å². The lowest BCUT2D eigenvalue weighted by Crippen LogP contribution is -2.39. The van der Waals surface area contributed by atoms with E-state index in [1.165, 1.54) is 10.8 Å². The molecule has 0 spiro atoms. The van der Waals surface area contributed by atoms with Crippen molar-refractivity contribution in [1.82, 2.24) is 5.32 Å². The molecule has 3 atom stereocenters. The molecule has 1 saturated heterocycles. The Kier molecular flexibility index (Phi) is 4.54. The van der Waals surface area contributed by atoms with Gasteiger partial charge in [0.15, 0.2) is 0 Å². The molecule has 3 heteroatoms. The van der Waals surface area contributed by atoms with Crippen LogP contribution in [-0.4, -0.2) is 30.4 Å². The van der Waals surface area contributed by atoms with Gasteiger partial charge in [-0.1, -0.05) is 36.4 Å². The lowest BCUT2D eigenvalue weighted by molar-refractivity contribution is 0.0765. The number of fused-ring (bicyclic) bond motifs is 1. The van der Waals surface area contributed by atoms with Crippen molar-refractivity contribution in [2.75, 3.05) is 13.2 Å². The minimum atomic E-state index is -0.488. The van der Waals surface area contributed by atoms with Crippen LogP contribution in [0.4, 0.5) is 0 Å². The summed E-state index contributed by atoms with van der Waals surface area (Å²) in [6.45, 7) is 3.55. The second kappa shape index (κ2) is 6.56. The van der Waals surface area contributed by atoms with E-state index in [4.69, 9.17) is 4.74 Å². The molecule has 0 saturated carbocycles. The number of benzene rings is 2. The van der Waals surface area contributed by atoms with Gasteiger partial charge in [0.05, 0.1) is 12.2 Å². The predicted octanol–water partition coefficient (Wildman–Crippen LogP) is 3.03. The van der Waals surface area contributed by atoms with Crippen LogP contribution in [0.2, 0.25) is 0 Å². The molecule has 1 aliphatic heterocycles. The molecular weight excluding hydrogens is 262 g/mol. The molecule has 1 fully saturated rings. The van der Waals surface area contributed by atoms with Gasteiger partial charge in [-0.15, -0.1) is 0 Å². The van der Waals surface area contributed by atoms with Crippen molar-refractivity contribution in [3.05, 3.63) is 48.0 Å². The van der Waals surface area contributed by atoms with Gasteiger partial charge in [-0.05, 0) is 42.2 Å². The van der Waals surface area contributed by atoms with Gasteiger partial charge in [0.1, 0.15) is 0 Å². The zero-order valence-corrected chi connectivity index (χ0v) is 12.5. The average Bonchev–Trinajstić information content (AvgIpc) is 3.06. The largest absolute Gasteiger partial charge is 0.387 e. The zero-order chi connectivity index (χ0) is 14.7. The van der Waals surface area contributed by atoms with Crippen LogP contribution in [-0.2, 0) is 4.74 Å². The van der Waals surface area contributed by atoms with Crippen molar-refractivity contribution in [3.63, 3.8) is 0 Å². The summed E-state index contributed by atoms with van der Waals surface area (Å²) in [5.74, 6) is 0. The number of aliphatic hydroxyl groups is 1. The first-order valence-electron chi connectivity index (χ1n) is 7.76. The molecule has 3 unspecified atom stereocenters. The predicted molar refractivity (Wildman–Crippen MR) is 85.3 cm³/mol. The summed E-state index contributed by atoms with van der Waals surface area (Å²) in [4.78, 5) is 0. The van der Waals surface area contributed by atoms with E-state index in [0.717, 1.165) is 25.0 Å². The van der Waals surface area contributed by atoms with Crippen molar-refractivity contribution >= 4 is 10.8 Å². The van der Waals surface area contributed by atoms with Crippen molar-refractivity contribution in [1.29, 1.82) is 0 Å². The van der Waals surface area contributed by atoms with Crippen molar-refractivity contribution < 1.29 is 9.84 Å². The van der Waals surface area contributed by atoms with Crippen molar-refractivity contribution in [3.8, 4) is 0 Å². The third-order valence-corrected chi connectivity index (χ3v) is 4.31. The Labute approximate surface area is 125 Å². The summed E-state index contributed by atoms with van der Waals surface area (Å²) in [6, 6.07) is 14.6. The van der Waals surface area contributed by atoms with E-state index in [1.807, 2.05) is 18.2 Å². The molecule has 1 heterocycles. The molecule has 2 aromatic rings. The van der Waals surface area contributed by atoms with E-state index in [2.05, 4.69) is 36.5 Å². The number of aliphatic hydroxyl groups excluding tert-OH is 1. The van der Waals surface area contributed by atoms with Crippen LogP contribution in [0.25, 0.3) is 10.8 Å². The van der Waals surface area contributed by atoms with Gasteiger partial charge >= 0.3 is 0 Å². The fourth-order valence-electron chi connectivity index (χ4n) is 2.96. The highest BCUT2D eigenvalue weighted by Crippen LogP contribution is 2.21. The number of hydrogen-bond donors (Lipinski definition) is 2. The Morgan fingerprint density at radius 1 is 1.24 bits per heavy atom. The smallest absolute Gasteiger partial charge is 0.0914 e. The molecule has 0 aliphatic carbocycles. The van der Waals surface area contributed by atoms with Crippen LogP contribution in [0.1, 0.15) is 31.4 Å². The van der Waals surface area contributed by atoms with Crippen LogP contribution in [0.15, 0.2) is 42.5 Å². The minimum absolute atomic E-state index is 0.280. The minimum Gasteiger partial charge on any atom is -0.387 e. The Morgan fingerprint density at radius 2 is 2.05 bits per heavy atom. The topological polar surface area (TPSA) is 41.5 Å². The SMILES string of the molecule is CC(NCC(O)c1ccc2ccccc2c1)C1CCCO1. The van der Waals surface area contributed by atoms with Crippen molar-refractivity contribution in [2.24, 2.45) is 0 Å². The van der Waals surface area contributed by atoms with Gasteiger partial charge in [-0.2, -0.15) is 0 Å². The summed E-state index contributed by atoms with van der Waals surface area (Å²) >= 11 is 0. The fraction of sp³-hybridized carbons (Fsp3) is 0.444. The summed E-state index contributed by atoms with van der Waals surface area (Å²) in [5, 5.41) is 16.1. The van der Waals surface area contributed by atoms with Crippen LogP contribution in [0.5, 0.6) is 0 Å². The standard InChI is InChI=1S/C18H23NO2/c1-13(18-7-4-10-21-18)19-12-17(20)16-9-8-14-5-2-3-6-15(14)11-16/h2-3,5-6,8-9,11,13,17-20H,4,7,10,12H2,1H3. The third-order valence-electron chi connectivity index (χ3n) is 4.31. The van der Waals surface area contributed by atoms with E-state index < -0.39 is 6.10 Å². The van der Waals surface area contributed by atoms with Crippen LogP contribution < -0.4 is 5.32 Å². The lowest BCUT2D eigenvalue weighted by Gasteiger charge is -2.22. The first kappa shape index (κ1) is 14.5. The monoisotopic (exact) mass is 285 g/mol. The van der Waals surface area contributed by atoms with Crippen LogP contribution in [0.3, 0.4) is 0 Å². The lowest BCUT2D eigenvalue weighted by atomic mass is 10.0. The highest BCUT2D eigenvalue weighted by Gasteiger charge is 2.22. The summed E-state index contributed by atoms with van der Waals surface area (Å²) in [7, 11) is 0. The Morgan fingerprint density at radius 3 is 2.81 bits per heavy atom. The molecule has 1 aliphatic rings. The maximum Gasteiger partial charge on any atom is 0.0914 e. The molecule has 0 bridgehead atoms. The molecule has 112 valence electrons. The maximum absolute atomic E-state index is 10.4. The average molecular weight is 285 g/mol. The highest BCUT2D eigenvalue weighted by molar-refractivity contribution is 5.83. The Hall–Kier alpha value is -1.42. The van der Waals surface area contributed by atoms with Gasteiger partial charge in [-0.25, -0.2) is 0 Å². The van der Waals surface area contributed by atoms with Gasteiger partial charge in [0.2, 0.25) is 0 Å². The number of hydrogen-bond acceptors (Lipinski definition) is 3. The number of rotatable bonds is 5. The molecule has 0 amide bonds. The first-order valence-corrected chi connectivity index (χ1v) is 7.76. The van der Waals surface area contributed by atoms with Crippen LogP contribution >= 0.6 is 0 Å². The summed E-state index contributed by atoms with van der Waals surface area (Å²) < 4.78 is 5.67. The van der Waals surface area contributed by atoms with E-state index in [9.17, 15) is 5.11 Å². The van der Waals surface area contributed by atoms with E-state index >= 15 is 0 Å². The molecule has 0 aromatic heterocycles. The molecule has 3 rings (SSSR count). The molecule has 21 heavy (non-hydrogen) atoms. The Bertz CT molecular complexity index is 593.